The Morgan fingerprint density at radius 3 is 2.87 bits per heavy atom. The number of halogens is 1. The molecule has 2 heterocycles. The number of para-hydroxylation sites is 1. The summed E-state index contributed by atoms with van der Waals surface area (Å²) in [4.78, 5) is 16.7. The molecule has 1 aliphatic heterocycles. The van der Waals surface area contributed by atoms with Crippen LogP contribution in [0.25, 0.3) is 16.5 Å². The second kappa shape index (κ2) is 8.69. The number of benzene rings is 2. The fourth-order valence-electron chi connectivity index (χ4n) is 3.94. The summed E-state index contributed by atoms with van der Waals surface area (Å²) < 4.78 is 19.6. The number of ether oxygens (including phenoxy) is 1. The molecule has 1 aromatic heterocycles. The quantitative estimate of drug-likeness (QED) is 0.428. The van der Waals surface area contributed by atoms with E-state index in [4.69, 9.17) is 9.94 Å². The standard InChI is InChI=1S/C23H24FN3O3/c1-15-23(19-4-2-3-5-21(19)25-15)16-8-10-27(11-9-16)13-17-6-7-18(12-20(17)24)30-14-22(28)26-29/h2-8,12,25,29H,9-11,13-14H2,1H3,(H,26,28). The molecule has 2 aromatic carbocycles. The topological polar surface area (TPSA) is 77.6 Å². The molecule has 0 aliphatic carbocycles. The Morgan fingerprint density at radius 2 is 2.13 bits per heavy atom. The van der Waals surface area contributed by atoms with Gasteiger partial charge in [-0.1, -0.05) is 30.3 Å². The van der Waals surface area contributed by atoms with Gasteiger partial charge in [-0.15, -0.1) is 0 Å². The number of amides is 1. The van der Waals surface area contributed by atoms with E-state index >= 15 is 0 Å². The van der Waals surface area contributed by atoms with Gasteiger partial charge >= 0.3 is 0 Å². The molecule has 0 unspecified atom stereocenters. The van der Waals surface area contributed by atoms with Crippen molar-refractivity contribution in [3.63, 3.8) is 0 Å². The average Bonchev–Trinajstić information content (AvgIpc) is 3.10. The van der Waals surface area contributed by atoms with E-state index in [0.717, 1.165) is 25.0 Å². The van der Waals surface area contributed by atoms with Gasteiger partial charge in [-0.2, -0.15) is 0 Å². The van der Waals surface area contributed by atoms with Gasteiger partial charge in [0.05, 0.1) is 0 Å². The fourth-order valence-corrected chi connectivity index (χ4v) is 3.94. The summed E-state index contributed by atoms with van der Waals surface area (Å²) in [6.45, 7) is 3.83. The van der Waals surface area contributed by atoms with E-state index in [1.54, 1.807) is 12.1 Å². The molecular formula is C23H24FN3O3. The number of hydrogen-bond acceptors (Lipinski definition) is 4. The normalized spacial score (nSPS) is 14.6. The minimum Gasteiger partial charge on any atom is -0.484 e. The number of hydrogen-bond donors (Lipinski definition) is 3. The van der Waals surface area contributed by atoms with Crippen LogP contribution in [0.4, 0.5) is 4.39 Å². The van der Waals surface area contributed by atoms with Gasteiger partial charge < -0.3 is 9.72 Å². The molecule has 1 aliphatic rings. The Kier molecular flexibility index (Phi) is 5.83. The Bertz CT molecular complexity index is 1110. The Morgan fingerprint density at radius 1 is 1.30 bits per heavy atom. The highest BCUT2D eigenvalue weighted by Gasteiger charge is 2.19. The first-order valence-electron chi connectivity index (χ1n) is 9.88. The highest BCUT2D eigenvalue weighted by molar-refractivity contribution is 5.94. The van der Waals surface area contributed by atoms with Crippen LogP contribution < -0.4 is 10.2 Å². The van der Waals surface area contributed by atoms with E-state index in [1.165, 1.54) is 33.8 Å². The molecule has 1 amide bonds. The zero-order chi connectivity index (χ0) is 21.1. The van der Waals surface area contributed by atoms with E-state index in [0.29, 0.717) is 12.1 Å². The highest BCUT2D eigenvalue weighted by Crippen LogP contribution is 2.32. The van der Waals surface area contributed by atoms with Gasteiger partial charge in [0.25, 0.3) is 5.91 Å². The van der Waals surface area contributed by atoms with E-state index in [-0.39, 0.29) is 18.2 Å². The van der Waals surface area contributed by atoms with Gasteiger partial charge in [0.15, 0.2) is 6.61 Å². The summed E-state index contributed by atoms with van der Waals surface area (Å²) in [6.07, 6.45) is 3.14. The first kappa shape index (κ1) is 20.1. The van der Waals surface area contributed by atoms with E-state index in [9.17, 15) is 9.18 Å². The van der Waals surface area contributed by atoms with Crippen molar-refractivity contribution in [2.45, 2.75) is 19.9 Å². The molecule has 3 N–H and O–H groups in total. The monoisotopic (exact) mass is 409 g/mol. The molecule has 0 radical (unpaired) electrons. The van der Waals surface area contributed by atoms with Crippen LogP contribution in [0.2, 0.25) is 0 Å². The lowest BCUT2D eigenvalue weighted by Gasteiger charge is -2.27. The number of hydroxylamine groups is 1. The van der Waals surface area contributed by atoms with Crippen molar-refractivity contribution in [3.05, 3.63) is 71.2 Å². The third kappa shape index (κ3) is 4.22. The third-order valence-electron chi connectivity index (χ3n) is 5.42. The smallest absolute Gasteiger partial charge is 0.281 e. The zero-order valence-electron chi connectivity index (χ0n) is 16.7. The molecule has 7 heteroatoms. The third-order valence-corrected chi connectivity index (χ3v) is 5.42. The molecule has 0 fully saturated rings. The van der Waals surface area contributed by atoms with Gasteiger partial charge in [0, 0.05) is 53.4 Å². The van der Waals surface area contributed by atoms with Crippen LogP contribution in [-0.2, 0) is 11.3 Å². The number of H-pyrrole nitrogens is 1. The first-order valence-corrected chi connectivity index (χ1v) is 9.88. The Labute approximate surface area is 173 Å². The minimum atomic E-state index is -0.694. The molecular weight excluding hydrogens is 385 g/mol. The van der Waals surface area contributed by atoms with Crippen molar-refractivity contribution in [1.82, 2.24) is 15.4 Å². The van der Waals surface area contributed by atoms with Crippen molar-refractivity contribution >= 4 is 22.4 Å². The van der Waals surface area contributed by atoms with Gasteiger partial charge in [-0.25, -0.2) is 9.87 Å². The maximum absolute atomic E-state index is 14.5. The minimum absolute atomic E-state index is 0.246. The molecule has 0 spiro atoms. The van der Waals surface area contributed by atoms with Crippen molar-refractivity contribution in [1.29, 1.82) is 0 Å². The number of nitrogens with one attached hydrogen (secondary N) is 2. The van der Waals surface area contributed by atoms with Crippen LogP contribution >= 0.6 is 0 Å². The lowest BCUT2D eigenvalue weighted by molar-refractivity contribution is -0.131. The second-order valence-electron chi connectivity index (χ2n) is 7.46. The number of aryl methyl sites for hydroxylation is 1. The predicted octanol–water partition coefficient (Wildman–Crippen LogP) is 3.79. The molecule has 6 nitrogen and oxygen atoms in total. The van der Waals surface area contributed by atoms with Gasteiger partial charge in [0.2, 0.25) is 0 Å². The van der Waals surface area contributed by atoms with Gasteiger partial charge in [0.1, 0.15) is 11.6 Å². The molecule has 0 saturated carbocycles. The van der Waals surface area contributed by atoms with Gasteiger partial charge in [-0.05, 0) is 31.1 Å². The number of nitrogens with zero attached hydrogens (tertiary/aromatic N) is 1. The Balaban J connectivity index is 1.42. The lowest BCUT2D eigenvalue weighted by Crippen LogP contribution is -2.28. The molecule has 4 rings (SSSR count). The van der Waals surface area contributed by atoms with Gasteiger partial charge in [-0.3, -0.25) is 14.9 Å². The molecule has 0 saturated heterocycles. The molecule has 0 bridgehead atoms. The number of carbonyl (C=O) groups excluding carboxylic acids is 1. The molecule has 30 heavy (non-hydrogen) atoms. The number of aromatic amines is 1. The maximum atomic E-state index is 14.5. The largest absolute Gasteiger partial charge is 0.484 e. The van der Waals surface area contributed by atoms with E-state index < -0.39 is 5.91 Å². The van der Waals surface area contributed by atoms with Crippen molar-refractivity contribution in [2.24, 2.45) is 0 Å². The van der Waals surface area contributed by atoms with Crippen LogP contribution in [0.5, 0.6) is 5.75 Å². The summed E-state index contributed by atoms with van der Waals surface area (Å²) in [6, 6.07) is 12.9. The van der Waals surface area contributed by atoms with Crippen molar-refractivity contribution < 1.29 is 19.1 Å². The zero-order valence-corrected chi connectivity index (χ0v) is 16.7. The average molecular weight is 409 g/mol. The van der Waals surface area contributed by atoms with Crippen molar-refractivity contribution in [3.8, 4) is 5.75 Å². The maximum Gasteiger partial charge on any atom is 0.281 e. The summed E-state index contributed by atoms with van der Waals surface area (Å²) >= 11 is 0. The lowest BCUT2D eigenvalue weighted by atomic mass is 9.96. The number of carbonyl (C=O) groups is 1. The predicted molar refractivity (Wildman–Crippen MR) is 113 cm³/mol. The number of aromatic nitrogens is 1. The Hall–Kier alpha value is -3.16. The summed E-state index contributed by atoms with van der Waals surface area (Å²) in [5, 5.41) is 9.72. The fraction of sp³-hybridized carbons (Fsp3) is 0.261. The number of rotatable bonds is 6. The van der Waals surface area contributed by atoms with Crippen LogP contribution in [0.15, 0.2) is 48.5 Å². The highest BCUT2D eigenvalue weighted by atomic mass is 19.1. The summed E-state index contributed by atoms with van der Waals surface area (Å²) in [7, 11) is 0. The summed E-state index contributed by atoms with van der Waals surface area (Å²) in [5.74, 6) is -0.824. The first-order chi connectivity index (χ1) is 14.5. The SMILES string of the molecule is Cc1[nH]c2ccccc2c1C1=CCN(Cc2ccc(OCC(=O)NO)cc2F)CC1. The van der Waals surface area contributed by atoms with Crippen LogP contribution in [0.1, 0.15) is 23.2 Å². The summed E-state index contributed by atoms with van der Waals surface area (Å²) in [5.41, 5.74) is 6.98. The van der Waals surface area contributed by atoms with E-state index in [1.807, 2.05) is 6.07 Å². The molecule has 0 atom stereocenters. The van der Waals surface area contributed by atoms with Crippen molar-refractivity contribution in [2.75, 3.05) is 19.7 Å². The molecule has 3 aromatic rings. The second-order valence-corrected chi connectivity index (χ2v) is 7.46. The van der Waals surface area contributed by atoms with E-state index in [2.05, 4.69) is 41.1 Å². The van der Waals surface area contributed by atoms with Crippen LogP contribution in [-0.4, -0.2) is 40.7 Å². The van der Waals surface area contributed by atoms with Crippen LogP contribution in [0, 0.1) is 12.7 Å². The van der Waals surface area contributed by atoms with Crippen LogP contribution in [0.3, 0.4) is 0 Å². The molecule has 156 valence electrons. The number of fused-ring (bicyclic) bond motifs is 1.